The molecule has 2 heteroatoms. The summed E-state index contributed by atoms with van der Waals surface area (Å²) in [6, 6.07) is 0. The van der Waals surface area contributed by atoms with Gasteiger partial charge >= 0.3 is 0 Å². The number of aliphatic hydroxyl groups excluding tert-OH is 2. The van der Waals surface area contributed by atoms with E-state index in [0.717, 1.165) is 37.0 Å². The van der Waals surface area contributed by atoms with Crippen LogP contribution in [-0.2, 0) is 0 Å². The first-order valence-electron chi connectivity index (χ1n) is 9.02. The van der Waals surface area contributed by atoms with Gasteiger partial charge in [-0.1, -0.05) is 25.5 Å². The molecule has 0 radical (unpaired) electrons. The first-order chi connectivity index (χ1) is 9.95. The van der Waals surface area contributed by atoms with Crippen LogP contribution in [-0.4, -0.2) is 22.4 Å². The third-order valence-corrected chi connectivity index (χ3v) is 8.04. The number of allylic oxidation sites excluding steroid dienone is 1. The number of rotatable bonds is 0. The Labute approximate surface area is 128 Å². The van der Waals surface area contributed by atoms with E-state index in [9.17, 15) is 10.2 Å². The Morgan fingerprint density at radius 1 is 0.952 bits per heavy atom. The second kappa shape index (κ2) is 4.58. The summed E-state index contributed by atoms with van der Waals surface area (Å²) in [5.74, 6) is 2.32. The summed E-state index contributed by atoms with van der Waals surface area (Å²) in [5.41, 5.74) is 2.06. The molecule has 0 aromatic heterocycles. The first kappa shape index (κ1) is 14.3. The zero-order chi connectivity index (χ0) is 14.8. The van der Waals surface area contributed by atoms with Crippen LogP contribution in [0, 0.1) is 28.6 Å². The summed E-state index contributed by atoms with van der Waals surface area (Å²) >= 11 is 0. The molecule has 0 unspecified atom stereocenters. The van der Waals surface area contributed by atoms with E-state index in [0.29, 0.717) is 5.41 Å². The Morgan fingerprint density at radius 2 is 1.76 bits per heavy atom. The van der Waals surface area contributed by atoms with Crippen molar-refractivity contribution in [3.8, 4) is 0 Å². The highest BCUT2D eigenvalue weighted by molar-refractivity contribution is 5.25. The number of hydrogen-bond donors (Lipinski definition) is 2. The molecule has 0 amide bonds. The molecule has 0 aliphatic heterocycles. The molecule has 4 rings (SSSR count). The quantitative estimate of drug-likeness (QED) is 0.668. The summed E-state index contributed by atoms with van der Waals surface area (Å²) in [5, 5.41) is 20.4. The van der Waals surface area contributed by atoms with Crippen molar-refractivity contribution in [3.05, 3.63) is 11.6 Å². The van der Waals surface area contributed by atoms with Gasteiger partial charge < -0.3 is 10.2 Å². The van der Waals surface area contributed by atoms with Gasteiger partial charge in [-0.15, -0.1) is 0 Å². The van der Waals surface area contributed by atoms with E-state index in [4.69, 9.17) is 0 Å². The first-order valence-corrected chi connectivity index (χ1v) is 9.02. The third-order valence-electron chi connectivity index (χ3n) is 8.04. The van der Waals surface area contributed by atoms with Crippen molar-refractivity contribution in [2.75, 3.05) is 0 Å². The maximum atomic E-state index is 10.5. The Bertz CT molecular complexity index is 470. The van der Waals surface area contributed by atoms with E-state index in [1.54, 1.807) is 5.57 Å². The average Bonchev–Trinajstić information content (AvgIpc) is 2.76. The van der Waals surface area contributed by atoms with Gasteiger partial charge in [-0.3, -0.25) is 0 Å². The molecular formula is C19H30O2. The number of aliphatic hydroxyl groups is 2. The highest BCUT2D eigenvalue weighted by atomic mass is 16.3. The van der Waals surface area contributed by atoms with Gasteiger partial charge in [0, 0.05) is 0 Å². The molecule has 4 aliphatic rings. The molecule has 0 heterocycles. The van der Waals surface area contributed by atoms with E-state index in [-0.39, 0.29) is 17.6 Å². The molecule has 3 fully saturated rings. The molecular weight excluding hydrogens is 260 g/mol. The standard InChI is InChI=1S/C19H30O2/c1-18-9-7-13(20)11-12(18)3-4-14-15-5-6-17(21)19(15,2)10-8-16(14)18/h11,13-17,20-21H,3-10H2,1-2H3/t13-,14-,15-,16-,17+,18-,19-/m1/s1. The van der Waals surface area contributed by atoms with Crippen molar-refractivity contribution in [3.63, 3.8) is 0 Å². The van der Waals surface area contributed by atoms with Crippen molar-refractivity contribution in [1.82, 2.24) is 0 Å². The molecule has 0 aromatic rings. The SMILES string of the molecule is C[C@@]12CC[C@@H]3[C@H](CCC4=C[C@H](O)CC[C@]43C)[C@H]1CC[C@@H]2O. The predicted molar refractivity (Wildman–Crippen MR) is 83.7 cm³/mol. The van der Waals surface area contributed by atoms with Crippen molar-refractivity contribution >= 4 is 0 Å². The van der Waals surface area contributed by atoms with Crippen LogP contribution in [0.25, 0.3) is 0 Å². The molecule has 0 bridgehead atoms. The van der Waals surface area contributed by atoms with Crippen molar-refractivity contribution in [1.29, 1.82) is 0 Å². The highest BCUT2D eigenvalue weighted by Crippen LogP contribution is 2.65. The summed E-state index contributed by atoms with van der Waals surface area (Å²) in [4.78, 5) is 0. The maximum Gasteiger partial charge on any atom is 0.0724 e. The normalized spacial score (nSPS) is 56.2. The lowest BCUT2D eigenvalue weighted by molar-refractivity contribution is -0.0761. The minimum Gasteiger partial charge on any atom is -0.393 e. The molecule has 4 aliphatic carbocycles. The van der Waals surface area contributed by atoms with Crippen molar-refractivity contribution in [2.24, 2.45) is 28.6 Å². The summed E-state index contributed by atoms with van der Waals surface area (Å²) in [6.45, 7) is 4.82. The van der Waals surface area contributed by atoms with E-state index < -0.39 is 0 Å². The molecule has 0 spiro atoms. The van der Waals surface area contributed by atoms with Crippen LogP contribution in [0.5, 0.6) is 0 Å². The zero-order valence-electron chi connectivity index (χ0n) is 13.5. The smallest absolute Gasteiger partial charge is 0.0724 e. The lowest BCUT2D eigenvalue weighted by Crippen LogP contribution is -2.51. The predicted octanol–water partition coefficient (Wildman–Crippen LogP) is 3.67. The molecule has 0 saturated heterocycles. The van der Waals surface area contributed by atoms with Crippen molar-refractivity contribution < 1.29 is 10.2 Å². The molecule has 0 aromatic carbocycles. The van der Waals surface area contributed by atoms with Gasteiger partial charge in [0.1, 0.15) is 0 Å². The van der Waals surface area contributed by atoms with E-state index in [2.05, 4.69) is 19.9 Å². The lowest BCUT2D eigenvalue weighted by atomic mass is 9.47. The molecule has 7 atom stereocenters. The minimum absolute atomic E-state index is 0.0682. The van der Waals surface area contributed by atoms with Crippen LogP contribution in [0.2, 0.25) is 0 Å². The second-order valence-electron chi connectivity index (χ2n) is 8.77. The Balaban J connectivity index is 1.67. The van der Waals surface area contributed by atoms with Crippen LogP contribution < -0.4 is 0 Å². The Morgan fingerprint density at radius 3 is 2.57 bits per heavy atom. The van der Waals surface area contributed by atoms with Gasteiger partial charge in [0.05, 0.1) is 12.2 Å². The fraction of sp³-hybridized carbons (Fsp3) is 0.895. The summed E-state index contributed by atoms with van der Waals surface area (Å²) in [7, 11) is 0. The average molecular weight is 290 g/mol. The van der Waals surface area contributed by atoms with Gasteiger partial charge in [0.2, 0.25) is 0 Å². The van der Waals surface area contributed by atoms with E-state index in [1.807, 2.05) is 0 Å². The molecule has 21 heavy (non-hydrogen) atoms. The minimum atomic E-state index is -0.202. The molecule has 2 N–H and O–H groups in total. The van der Waals surface area contributed by atoms with Crippen LogP contribution in [0.1, 0.15) is 65.2 Å². The summed E-state index contributed by atoms with van der Waals surface area (Å²) < 4.78 is 0. The third kappa shape index (κ3) is 1.84. The topological polar surface area (TPSA) is 40.5 Å². The van der Waals surface area contributed by atoms with Crippen LogP contribution in [0.15, 0.2) is 11.6 Å². The number of fused-ring (bicyclic) bond motifs is 5. The van der Waals surface area contributed by atoms with E-state index in [1.165, 1.54) is 32.1 Å². The van der Waals surface area contributed by atoms with Crippen LogP contribution >= 0.6 is 0 Å². The molecule has 2 nitrogen and oxygen atoms in total. The number of hydrogen-bond acceptors (Lipinski definition) is 2. The zero-order valence-corrected chi connectivity index (χ0v) is 13.5. The van der Waals surface area contributed by atoms with Gasteiger partial charge in [0.25, 0.3) is 0 Å². The molecule has 118 valence electrons. The van der Waals surface area contributed by atoms with Crippen LogP contribution in [0.3, 0.4) is 0 Å². The highest BCUT2D eigenvalue weighted by Gasteiger charge is 2.58. The summed E-state index contributed by atoms with van der Waals surface area (Å²) in [6.07, 6.45) is 11.2. The monoisotopic (exact) mass is 290 g/mol. The fourth-order valence-electron chi connectivity index (χ4n) is 6.68. The van der Waals surface area contributed by atoms with Gasteiger partial charge in [-0.2, -0.15) is 0 Å². The fourth-order valence-corrected chi connectivity index (χ4v) is 6.68. The van der Waals surface area contributed by atoms with Gasteiger partial charge in [0.15, 0.2) is 0 Å². The largest absolute Gasteiger partial charge is 0.393 e. The lowest BCUT2D eigenvalue weighted by Gasteiger charge is -2.58. The van der Waals surface area contributed by atoms with Gasteiger partial charge in [-0.05, 0) is 80.0 Å². The van der Waals surface area contributed by atoms with E-state index >= 15 is 0 Å². The molecule has 3 saturated carbocycles. The van der Waals surface area contributed by atoms with Crippen LogP contribution in [0.4, 0.5) is 0 Å². The van der Waals surface area contributed by atoms with Gasteiger partial charge in [-0.25, -0.2) is 0 Å². The Hall–Kier alpha value is -0.340. The Kier molecular flexibility index (Phi) is 3.11. The maximum absolute atomic E-state index is 10.5. The van der Waals surface area contributed by atoms with Crippen molar-refractivity contribution in [2.45, 2.75) is 77.4 Å². The second-order valence-corrected chi connectivity index (χ2v) is 8.77.